The highest BCUT2D eigenvalue weighted by Crippen LogP contribution is 2.22. The lowest BCUT2D eigenvalue weighted by molar-refractivity contribution is 0.357. The third-order valence-electron chi connectivity index (χ3n) is 1.83. The molecule has 0 spiro atoms. The lowest BCUT2D eigenvalue weighted by atomic mass is 10.2. The zero-order valence-corrected chi connectivity index (χ0v) is 6.79. The maximum Gasteiger partial charge on any atom is 0.127 e. The van der Waals surface area contributed by atoms with E-state index < -0.39 is 0 Å². The Bertz CT molecular complexity index is 337. The summed E-state index contributed by atoms with van der Waals surface area (Å²) in [7, 11) is 0. The van der Waals surface area contributed by atoms with Crippen LogP contribution in [-0.4, -0.2) is 6.61 Å². The molecule has 0 bridgehead atoms. The van der Waals surface area contributed by atoms with Crippen LogP contribution in [0.5, 0.6) is 5.75 Å². The zero-order valence-electron chi connectivity index (χ0n) is 6.79. The van der Waals surface area contributed by atoms with Crippen molar-refractivity contribution in [3.63, 3.8) is 0 Å². The van der Waals surface area contributed by atoms with Crippen LogP contribution >= 0.6 is 0 Å². The van der Waals surface area contributed by atoms with Gasteiger partial charge < -0.3 is 4.74 Å². The van der Waals surface area contributed by atoms with E-state index in [0.29, 0.717) is 6.61 Å². The van der Waals surface area contributed by atoms with Gasteiger partial charge in [0.25, 0.3) is 0 Å². The first kappa shape index (κ1) is 7.17. The van der Waals surface area contributed by atoms with Crippen LogP contribution in [0.25, 0.3) is 6.08 Å². The van der Waals surface area contributed by atoms with Gasteiger partial charge in [0.2, 0.25) is 0 Å². The van der Waals surface area contributed by atoms with E-state index in [1.165, 1.54) is 0 Å². The van der Waals surface area contributed by atoms with E-state index in [1.807, 2.05) is 36.4 Å². The molecular weight excluding hydrogens is 148 g/mol. The molecule has 1 aliphatic rings. The van der Waals surface area contributed by atoms with Gasteiger partial charge in [0.05, 0.1) is 0 Å². The molecule has 1 heterocycles. The summed E-state index contributed by atoms with van der Waals surface area (Å²) in [6, 6.07) is 7.98. The Hall–Kier alpha value is -1.50. The van der Waals surface area contributed by atoms with Crippen molar-refractivity contribution < 1.29 is 4.74 Å². The quantitative estimate of drug-likeness (QED) is 0.564. The van der Waals surface area contributed by atoms with Crippen molar-refractivity contribution in [2.75, 3.05) is 6.61 Å². The van der Waals surface area contributed by atoms with Crippen LogP contribution in [0.1, 0.15) is 5.56 Å². The van der Waals surface area contributed by atoms with E-state index in [2.05, 4.69) is 6.58 Å². The van der Waals surface area contributed by atoms with Crippen molar-refractivity contribution in [3.8, 4) is 5.75 Å². The predicted molar refractivity (Wildman–Crippen MR) is 50.1 cm³/mol. The minimum Gasteiger partial charge on any atom is -0.488 e. The molecule has 0 aromatic heterocycles. The number of hydrogen-bond acceptors (Lipinski definition) is 1. The molecule has 60 valence electrons. The van der Waals surface area contributed by atoms with Crippen LogP contribution in [-0.2, 0) is 0 Å². The van der Waals surface area contributed by atoms with Crippen molar-refractivity contribution in [2.45, 2.75) is 0 Å². The second kappa shape index (κ2) is 2.86. The Morgan fingerprint density at radius 2 is 2.00 bits per heavy atom. The third-order valence-corrected chi connectivity index (χ3v) is 1.83. The van der Waals surface area contributed by atoms with Crippen molar-refractivity contribution >= 4 is 6.08 Å². The molecule has 1 heteroatoms. The van der Waals surface area contributed by atoms with Gasteiger partial charge in [0, 0.05) is 5.56 Å². The fourth-order valence-electron chi connectivity index (χ4n) is 1.18. The van der Waals surface area contributed by atoms with Crippen molar-refractivity contribution in [2.24, 2.45) is 0 Å². The molecule has 2 rings (SSSR count). The van der Waals surface area contributed by atoms with Gasteiger partial charge in [0.1, 0.15) is 12.4 Å². The molecule has 0 unspecified atom stereocenters. The Kier molecular flexibility index (Phi) is 1.71. The minimum absolute atomic E-state index is 0.591. The zero-order chi connectivity index (χ0) is 8.39. The summed E-state index contributed by atoms with van der Waals surface area (Å²) in [5, 5.41) is 0. The SMILES string of the molecule is C=C1C=Cc2ccccc2OC1. The molecule has 0 amide bonds. The minimum atomic E-state index is 0.591. The maximum absolute atomic E-state index is 5.50. The van der Waals surface area contributed by atoms with E-state index in [-0.39, 0.29) is 0 Å². The normalized spacial score (nSPS) is 14.8. The van der Waals surface area contributed by atoms with E-state index >= 15 is 0 Å². The summed E-state index contributed by atoms with van der Waals surface area (Å²) >= 11 is 0. The maximum atomic E-state index is 5.50. The van der Waals surface area contributed by atoms with Gasteiger partial charge in [0.15, 0.2) is 0 Å². The van der Waals surface area contributed by atoms with Crippen molar-refractivity contribution in [1.29, 1.82) is 0 Å². The van der Waals surface area contributed by atoms with Gasteiger partial charge in [-0.05, 0) is 11.6 Å². The summed E-state index contributed by atoms with van der Waals surface area (Å²) < 4.78 is 5.50. The van der Waals surface area contributed by atoms with Gasteiger partial charge in [-0.3, -0.25) is 0 Å². The Morgan fingerprint density at radius 3 is 2.92 bits per heavy atom. The van der Waals surface area contributed by atoms with Crippen LogP contribution in [0, 0.1) is 0 Å². The fraction of sp³-hybridized carbons (Fsp3) is 0.0909. The molecule has 0 saturated heterocycles. The number of fused-ring (bicyclic) bond motifs is 1. The van der Waals surface area contributed by atoms with Gasteiger partial charge in [-0.25, -0.2) is 0 Å². The topological polar surface area (TPSA) is 9.23 Å². The van der Waals surface area contributed by atoms with E-state index in [9.17, 15) is 0 Å². The van der Waals surface area contributed by atoms with Gasteiger partial charge in [-0.2, -0.15) is 0 Å². The van der Waals surface area contributed by atoms with E-state index in [0.717, 1.165) is 16.9 Å². The number of ether oxygens (including phenoxy) is 1. The van der Waals surface area contributed by atoms with Crippen LogP contribution in [0.2, 0.25) is 0 Å². The summed E-state index contributed by atoms with van der Waals surface area (Å²) in [5.41, 5.74) is 2.13. The third kappa shape index (κ3) is 1.26. The molecular formula is C11H10O. The highest BCUT2D eigenvalue weighted by molar-refractivity contribution is 5.60. The average Bonchev–Trinajstić information content (AvgIpc) is 2.29. The fourth-order valence-corrected chi connectivity index (χ4v) is 1.18. The van der Waals surface area contributed by atoms with Gasteiger partial charge in [-0.15, -0.1) is 0 Å². The summed E-state index contributed by atoms with van der Waals surface area (Å²) in [4.78, 5) is 0. The van der Waals surface area contributed by atoms with Crippen molar-refractivity contribution in [3.05, 3.63) is 48.1 Å². The average molecular weight is 158 g/mol. The van der Waals surface area contributed by atoms with Crippen LogP contribution in [0.4, 0.5) is 0 Å². The van der Waals surface area contributed by atoms with E-state index in [4.69, 9.17) is 4.74 Å². The molecule has 0 radical (unpaired) electrons. The van der Waals surface area contributed by atoms with Crippen LogP contribution in [0.3, 0.4) is 0 Å². The lowest BCUT2D eigenvalue weighted by Gasteiger charge is -2.04. The second-order valence-electron chi connectivity index (χ2n) is 2.82. The van der Waals surface area contributed by atoms with Gasteiger partial charge >= 0.3 is 0 Å². The molecule has 0 atom stereocenters. The first-order valence-electron chi connectivity index (χ1n) is 3.94. The monoisotopic (exact) mass is 158 g/mol. The lowest BCUT2D eigenvalue weighted by Crippen LogP contribution is -1.96. The van der Waals surface area contributed by atoms with Crippen LogP contribution in [0.15, 0.2) is 42.5 Å². The number of rotatable bonds is 0. The number of para-hydroxylation sites is 1. The smallest absolute Gasteiger partial charge is 0.127 e. The molecule has 0 aliphatic carbocycles. The predicted octanol–water partition coefficient (Wildman–Crippen LogP) is 2.65. The second-order valence-corrected chi connectivity index (χ2v) is 2.82. The summed E-state index contributed by atoms with van der Waals surface area (Å²) in [6.07, 6.45) is 4.02. The van der Waals surface area contributed by atoms with E-state index in [1.54, 1.807) is 0 Å². The molecule has 12 heavy (non-hydrogen) atoms. The molecule has 1 nitrogen and oxygen atoms in total. The Morgan fingerprint density at radius 1 is 1.17 bits per heavy atom. The van der Waals surface area contributed by atoms with Crippen LogP contribution < -0.4 is 4.74 Å². The largest absolute Gasteiger partial charge is 0.488 e. The van der Waals surface area contributed by atoms with Gasteiger partial charge in [-0.1, -0.05) is 36.9 Å². The molecule has 1 aromatic rings. The Balaban J connectivity index is 2.45. The summed E-state index contributed by atoms with van der Waals surface area (Å²) in [6.45, 7) is 4.44. The summed E-state index contributed by atoms with van der Waals surface area (Å²) in [5.74, 6) is 0.937. The number of hydrogen-bond donors (Lipinski definition) is 0. The molecule has 0 fully saturated rings. The highest BCUT2D eigenvalue weighted by Gasteiger charge is 2.03. The van der Waals surface area contributed by atoms with Crippen molar-refractivity contribution in [1.82, 2.24) is 0 Å². The molecule has 0 N–H and O–H groups in total. The standard InChI is InChI=1S/C11H10O/c1-9-6-7-10-4-2-3-5-11(10)12-8-9/h2-7H,1,8H2. The first-order chi connectivity index (χ1) is 5.86. The Labute approximate surface area is 72.0 Å². The number of benzene rings is 1. The highest BCUT2D eigenvalue weighted by atomic mass is 16.5. The molecule has 1 aliphatic heterocycles. The molecule has 0 saturated carbocycles. The molecule has 1 aromatic carbocycles. The first-order valence-corrected chi connectivity index (χ1v) is 3.94.